The maximum absolute atomic E-state index is 12.4. The molecule has 0 saturated carbocycles. The molecule has 1 heterocycles. The van der Waals surface area contributed by atoms with E-state index in [-0.39, 0.29) is 17.6 Å². The highest BCUT2D eigenvalue weighted by molar-refractivity contribution is 5.73. The van der Waals surface area contributed by atoms with Gasteiger partial charge in [0.15, 0.2) is 0 Å². The molecule has 0 fully saturated rings. The van der Waals surface area contributed by atoms with E-state index in [9.17, 15) is 8.78 Å². The third-order valence-corrected chi connectivity index (χ3v) is 2.22. The minimum Gasteiger partial charge on any atom is -0.463 e. The number of rotatable bonds is 2. The first-order valence-electron chi connectivity index (χ1n) is 4.51. The second-order valence-corrected chi connectivity index (χ2v) is 3.26. The maximum Gasteiger partial charge on any atom is 0.282 e. The number of hydrogen-bond acceptors (Lipinski definition) is 3. The van der Waals surface area contributed by atoms with E-state index in [2.05, 4.69) is 4.99 Å². The number of aliphatic imine (C=N–C) groups is 1. The Balaban J connectivity index is 2.25. The normalized spacial score (nSPS) is 20.2. The molecule has 1 aliphatic rings. The van der Waals surface area contributed by atoms with Gasteiger partial charge in [-0.3, -0.25) is 0 Å². The first-order valence-corrected chi connectivity index (χ1v) is 4.51. The molecule has 0 radical (unpaired) electrons. The van der Waals surface area contributed by atoms with Crippen LogP contribution in [0, 0.1) is 0 Å². The third kappa shape index (κ3) is 2.06. The molecule has 1 atom stereocenters. The number of nitrogens with zero attached hydrogens (tertiary/aromatic N) is 1. The van der Waals surface area contributed by atoms with Gasteiger partial charge in [0.1, 0.15) is 12.6 Å². The van der Waals surface area contributed by atoms with Gasteiger partial charge < -0.3 is 10.5 Å². The highest BCUT2D eigenvalue weighted by Gasteiger charge is 2.19. The van der Waals surface area contributed by atoms with Gasteiger partial charge in [-0.25, -0.2) is 13.8 Å². The minimum atomic E-state index is -2.46. The van der Waals surface area contributed by atoms with Crippen molar-refractivity contribution in [2.75, 3.05) is 6.61 Å². The molecule has 0 saturated heterocycles. The van der Waals surface area contributed by atoms with Gasteiger partial charge in [0.2, 0.25) is 0 Å². The molecule has 2 N–H and O–H groups in total. The Hall–Kier alpha value is -1.65. The van der Waals surface area contributed by atoms with E-state index < -0.39 is 6.43 Å². The molecule has 0 aromatic heterocycles. The number of halogens is 2. The van der Waals surface area contributed by atoms with Crippen molar-refractivity contribution in [3.05, 3.63) is 35.4 Å². The van der Waals surface area contributed by atoms with Crippen molar-refractivity contribution < 1.29 is 13.5 Å². The molecule has 80 valence electrons. The zero-order valence-corrected chi connectivity index (χ0v) is 7.86. The van der Waals surface area contributed by atoms with E-state index in [1.54, 1.807) is 12.1 Å². The average molecular weight is 212 g/mol. The van der Waals surface area contributed by atoms with Crippen LogP contribution >= 0.6 is 0 Å². The molecule has 0 spiro atoms. The second kappa shape index (κ2) is 3.84. The molecule has 5 heteroatoms. The second-order valence-electron chi connectivity index (χ2n) is 3.26. The van der Waals surface area contributed by atoms with Gasteiger partial charge in [-0.05, 0) is 11.6 Å². The largest absolute Gasteiger partial charge is 0.463 e. The Morgan fingerprint density at radius 2 is 2.27 bits per heavy atom. The summed E-state index contributed by atoms with van der Waals surface area (Å²) in [5.41, 5.74) is 6.04. The minimum absolute atomic E-state index is 0.00632. The summed E-state index contributed by atoms with van der Waals surface area (Å²) < 4.78 is 29.8. The molecule has 2 rings (SSSR count). The summed E-state index contributed by atoms with van der Waals surface area (Å²) in [4.78, 5) is 3.99. The molecule has 3 nitrogen and oxygen atoms in total. The third-order valence-electron chi connectivity index (χ3n) is 2.22. The topological polar surface area (TPSA) is 47.6 Å². The standard InChI is InChI=1S/C10H10F2N2O/c11-9(12)7-3-1-2-6(4-7)8-5-15-10(13)14-8/h1-4,8-9H,5H2,(H2,13,14). The van der Waals surface area contributed by atoms with Crippen LogP contribution in [-0.4, -0.2) is 12.6 Å². The van der Waals surface area contributed by atoms with Crippen LogP contribution in [0.15, 0.2) is 29.3 Å². The lowest BCUT2D eigenvalue weighted by Crippen LogP contribution is -2.10. The lowest BCUT2D eigenvalue weighted by atomic mass is 10.1. The average Bonchev–Trinajstić information content (AvgIpc) is 2.65. The summed E-state index contributed by atoms with van der Waals surface area (Å²) in [6.45, 7) is 0.318. The van der Waals surface area contributed by atoms with Crippen LogP contribution in [-0.2, 0) is 4.74 Å². The van der Waals surface area contributed by atoms with Crippen LogP contribution in [0.1, 0.15) is 23.6 Å². The molecule has 1 aromatic carbocycles. The summed E-state index contributed by atoms with van der Waals surface area (Å²) in [6, 6.07) is 5.99. The molecule has 0 aliphatic carbocycles. The van der Waals surface area contributed by atoms with Crippen molar-refractivity contribution in [2.45, 2.75) is 12.5 Å². The fourth-order valence-corrected chi connectivity index (χ4v) is 1.47. The van der Waals surface area contributed by atoms with Crippen molar-refractivity contribution in [3.63, 3.8) is 0 Å². The SMILES string of the molecule is NC1=NC(c2cccc(C(F)F)c2)CO1. The van der Waals surface area contributed by atoms with Crippen molar-refractivity contribution in [1.82, 2.24) is 0 Å². The summed E-state index contributed by atoms with van der Waals surface area (Å²) in [7, 11) is 0. The monoisotopic (exact) mass is 212 g/mol. The van der Waals surface area contributed by atoms with Gasteiger partial charge in [-0.1, -0.05) is 18.2 Å². The van der Waals surface area contributed by atoms with Crippen LogP contribution in [0.3, 0.4) is 0 Å². The first-order chi connectivity index (χ1) is 7.16. The summed E-state index contributed by atoms with van der Waals surface area (Å²) >= 11 is 0. The number of benzene rings is 1. The summed E-state index contributed by atoms with van der Waals surface area (Å²) in [5, 5.41) is 0. The van der Waals surface area contributed by atoms with Crippen molar-refractivity contribution in [1.29, 1.82) is 0 Å². The predicted octanol–water partition coefficient (Wildman–Crippen LogP) is 2.01. The molecule has 1 unspecified atom stereocenters. The fraction of sp³-hybridized carbons (Fsp3) is 0.300. The smallest absolute Gasteiger partial charge is 0.282 e. The van der Waals surface area contributed by atoms with Gasteiger partial charge in [-0.15, -0.1) is 0 Å². The summed E-state index contributed by atoms with van der Waals surface area (Å²) in [6.07, 6.45) is -2.46. The van der Waals surface area contributed by atoms with E-state index in [1.165, 1.54) is 12.1 Å². The predicted molar refractivity (Wildman–Crippen MR) is 51.7 cm³/mol. The highest BCUT2D eigenvalue weighted by atomic mass is 19.3. The van der Waals surface area contributed by atoms with E-state index in [0.29, 0.717) is 12.2 Å². The van der Waals surface area contributed by atoms with Gasteiger partial charge in [-0.2, -0.15) is 0 Å². The van der Waals surface area contributed by atoms with E-state index >= 15 is 0 Å². The zero-order chi connectivity index (χ0) is 10.8. The Labute approximate surface area is 85.6 Å². The molecule has 0 amide bonds. The van der Waals surface area contributed by atoms with Crippen LogP contribution in [0.2, 0.25) is 0 Å². The number of alkyl halides is 2. The Morgan fingerprint density at radius 1 is 1.47 bits per heavy atom. The van der Waals surface area contributed by atoms with Gasteiger partial charge >= 0.3 is 0 Å². The highest BCUT2D eigenvalue weighted by Crippen LogP contribution is 2.26. The number of nitrogens with two attached hydrogens (primary N) is 1. The van der Waals surface area contributed by atoms with Crippen molar-refractivity contribution in [2.24, 2.45) is 10.7 Å². The molecule has 0 bridgehead atoms. The molecule has 1 aromatic rings. The van der Waals surface area contributed by atoms with E-state index in [1.807, 2.05) is 0 Å². The quantitative estimate of drug-likeness (QED) is 0.815. The zero-order valence-electron chi connectivity index (χ0n) is 7.86. The lowest BCUT2D eigenvalue weighted by molar-refractivity contribution is 0.151. The van der Waals surface area contributed by atoms with Crippen LogP contribution in [0.4, 0.5) is 8.78 Å². The van der Waals surface area contributed by atoms with E-state index in [0.717, 1.165) is 0 Å². The van der Waals surface area contributed by atoms with Gasteiger partial charge in [0.25, 0.3) is 12.4 Å². The number of amidine groups is 1. The first kappa shape index (κ1) is 9.89. The van der Waals surface area contributed by atoms with Crippen LogP contribution in [0.5, 0.6) is 0 Å². The molecule has 1 aliphatic heterocycles. The van der Waals surface area contributed by atoms with E-state index in [4.69, 9.17) is 10.5 Å². The Bertz CT molecular complexity index is 393. The van der Waals surface area contributed by atoms with Crippen LogP contribution < -0.4 is 5.73 Å². The van der Waals surface area contributed by atoms with Crippen molar-refractivity contribution in [3.8, 4) is 0 Å². The van der Waals surface area contributed by atoms with Gasteiger partial charge in [0.05, 0.1) is 0 Å². The molecular formula is C10H10F2N2O. The Kier molecular flexibility index (Phi) is 2.53. The lowest BCUT2D eigenvalue weighted by Gasteiger charge is -2.07. The van der Waals surface area contributed by atoms with Gasteiger partial charge in [0, 0.05) is 5.56 Å². The number of hydrogen-bond donors (Lipinski definition) is 1. The summed E-state index contributed by atoms with van der Waals surface area (Å²) in [5.74, 6) is 0. The number of ether oxygens (including phenoxy) is 1. The van der Waals surface area contributed by atoms with Crippen molar-refractivity contribution >= 4 is 6.02 Å². The molecule has 15 heavy (non-hydrogen) atoms. The maximum atomic E-state index is 12.4. The van der Waals surface area contributed by atoms with Crippen LogP contribution in [0.25, 0.3) is 0 Å². The molecular weight excluding hydrogens is 202 g/mol. The fourth-order valence-electron chi connectivity index (χ4n) is 1.47. The Morgan fingerprint density at radius 3 is 2.87 bits per heavy atom.